The SMILES string of the molecule is COc1cc(CN2CCc3c(nc(-c4ccc(N)cc4)[nH]c3=O)C2)cc(O)c1OC. The lowest BCUT2D eigenvalue weighted by Crippen LogP contribution is -2.35. The van der Waals surface area contributed by atoms with E-state index in [0.29, 0.717) is 49.1 Å². The first kappa shape index (κ1) is 19.8. The van der Waals surface area contributed by atoms with Crippen LogP contribution in [0.15, 0.2) is 41.2 Å². The van der Waals surface area contributed by atoms with Gasteiger partial charge in [0.25, 0.3) is 5.56 Å². The van der Waals surface area contributed by atoms with Crippen LogP contribution in [0, 0.1) is 0 Å². The molecule has 0 aliphatic carbocycles. The zero-order chi connectivity index (χ0) is 21.3. The molecule has 8 heteroatoms. The number of methoxy groups -OCH3 is 2. The molecule has 4 N–H and O–H groups in total. The number of nitrogens with zero attached hydrogens (tertiary/aromatic N) is 2. The number of hydrogen-bond acceptors (Lipinski definition) is 7. The maximum atomic E-state index is 12.6. The van der Waals surface area contributed by atoms with E-state index < -0.39 is 0 Å². The molecule has 0 radical (unpaired) electrons. The molecule has 3 aromatic rings. The summed E-state index contributed by atoms with van der Waals surface area (Å²) in [6, 6.07) is 10.8. The number of H-pyrrole nitrogens is 1. The molecule has 30 heavy (non-hydrogen) atoms. The molecule has 4 rings (SSSR count). The molecular weight excluding hydrogens is 384 g/mol. The van der Waals surface area contributed by atoms with Crippen LogP contribution in [-0.4, -0.2) is 40.7 Å². The standard InChI is InChI=1S/C22H24N4O4/c1-29-19-10-13(9-18(27)20(19)30-2)11-26-8-7-16-17(12-26)24-21(25-22(16)28)14-3-5-15(23)6-4-14/h3-6,9-10,27H,7-8,11-12,23H2,1-2H3,(H,24,25,28). The Morgan fingerprint density at radius 2 is 1.97 bits per heavy atom. The normalized spacial score (nSPS) is 13.7. The number of nitrogen functional groups attached to an aromatic ring is 1. The molecule has 1 aromatic heterocycles. The summed E-state index contributed by atoms with van der Waals surface area (Å²) in [6.45, 7) is 1.84. The van der Waals surface area contributed by atoms with Crippen LogP contribution in [0.5, 0.6) is 17.2 Å². The Morgan fingerprint density at radius 3 is 2.67 bits per heavy atom. The first-order chi connectivity index (χ1) is 14.5. The molecule has 0 saturated heterocycles. The van der Waals surface area contributed by atoms with E-state index in [0.717, 1.165) is 22.4 Å². The molecule has 0 unspecified atom stereocenters. The maximum absolute atomic E-state index is 12.6. The highest BCUT2D eigenvalue weighted by Gasteiger charge is 2.22. The van der Waals surface area contributed by atoms with E-state index in [1.54, 1.807) is 18.2 Å². The molecule has 1 aliphatic rings. The van der Waals surface area contributed by atoms with Gasteiger partial charge in [0.1, 0.15) is 5.82 Å². The number of phenols is 1. The second-order valence-electron chi connectivity index (χ2n) is 7.27. The molecule has 0 bridgehead atoms. The summed E-state index contributed by atoms with van der Waals surface area (Å²) in [5, 5.41) is 10.2. The van der Waals surface area contributed by atoms with E-state index in [1.807, 2.05) is 18.2 Å². The highest BCUT2D eigenvalue weighted by Crippen LogP contribution is 2.37. The van der Waals surface area contributed by atoms with Gasteiger partial charge in [-0.05, 0) is 48.4 Å². The zero-order valence-corrected chi connectivity index (χ0v) is 16.9. The van der Waals surface area contributed by atoms with Gasteiger partial charge in [-0.3, -0.25) is 9.69 Å². The van der Waals surface area contributed by atoms with E-state index in [-0.39, 0.29) is 11.3 Å². The van der Waals surface area contributed by atoms with Gasteiger partial charge in [0, 0.05) is 36.4 Å². The van der Waals surface area contributed by atoms with Gasteiger partial charge < -0.3 is 25.3 Å². The Bertz CT molecular complexity index is 1130. The quantitative estimate of drug-likeness (QED) is 0.555. The van der Waals surface area contributed by atoms with Crippen LogP contribution < -0.4 is 20.8 Å². The largest absolute Gasteiger partial charge is 0.504 e. The van der Waals surface area contributed by atoms with Crippen molar-refractivity contribution in [1.29, 1.82) is 0 Å². The van der Waals surface area contributed by atoms with Crippen molar-refractivity contribution in [2.75, 3.05) is 26.5 Å². The molecular formula is C22H24N4O4. The van der Waals surface area contributed by atoms with Gasteiger partial charge in [-0.1, -0.05) is 0 Å². The second kappa shape index (κ2) is 8.08. The van der Waals surface area contributed by atoms with Crippen molar-refractivity contribution in [2.24, 2.45) is 0 Å². The lowest BCUT2D eigenvalue weighted by Gasteiger charge is -2.28. The summed E-state index contributed by atoms with van der Waals surface area (Å²) in [5.41, 5.74) is 9.49. The van der Waals surface area contributed by atoms with Crippen molar-refractivity contribution in [1.82, 2.24) is 14.9 Å². The Balaban J connectivity index is 1.59. The number of phenolic OH excluding ortho intramolecular Hbond substituents is 1. The summed E-state index contributed by atoms with van der Waals surface area (Å²) in [5.74, 6) is 1.35. The third-order valence-corrected chi connectivity index (χ3v) is 5.26. The number of anilines is 1. The molecule has 0 saturated carbocycles. The van der Waals surface area contributed by atoms with Gasteiger partial charge in [0.05, 0.1) is 19.9 Å². The molecule has 156 valence electrons. The first-order valence-corrected chi connectivity index (χ1v) is 9.62. The molecule has 0 atom stereocenters. The number of aromatic hydroxyl groups is 1. The van der Waals surface area contributed by atoms with Crippen LogP contribution in [0.3, 0.4) is 0 Å². The van der Waals surface area contributed by atoms with Crippen LogP contribution in [0.25, 0.3) is 11.4 Å². The topological polar surface area (TPSA) is 114 Å². The number of aromatic amines is 1. The Morgan fingerprint density at radius 1 is 1.20 bits per heavy atom. The Kier molecular flexibility index (Phi) is 5.33. The Labute approximate surface area is 173 Å². The fourth-order valence-corrected chi connectivity index (χ4v) is 3.76. The summed E-state index contributed by atoms with van der Waals surface area (Å²) >= 11 is 0. The Hall–Kier alpha value is -3.52. The predicted octanol–water partition coefficient (Wildman–Crippen LogP) is 2.30. The smallest absolute Gasteiger partial charge is 0.254 e. The minimum absolute atomic E-state index is 0.0319. The van der Waals surface area contributed by atoms with Gasteiger partial charge in [0.2, 0.25) is 5.75 Å². The third-order valence-electron chi connectivity index (χ3n) is 5.26. The predicted molar refractivity (Wildman–Crippen MR) is 114 cm³/mol. The third kappa shape index (κ3) is 3.81. The number of nitrogens with two attached hydrogens (primary N) is 1. The van der Waals surface area contributed by atoms with Crippen molar-refractivity contribution in [2.45, 2.75) is 19.5 Å². The number of benzene rings is 2. The van der Waals surface area contributed by atoms with E-state index in [2.05, 4.69) is 9.88 Å². The fourth-order valence-electron chi connectivity index (χ4n) is 3.76. The van der Waals surface area contributed by atoms with Gasteiger partial charge in [-0.15, -0.1) is 0 Å². The lowest BCUT2D eigenvalue weighted by atomic mass is 10.0. The van der Waals surface area contributed by atoms with E-state index in [1.165, 1.54) is 14.2 Å². The zero-order valence-electron chi connectivity index (χ0n) is 16.9. The maximum Gasteiger partial charge on any atom is 0.254 e. The van der Waals surface area contributed by atoms with Crippen molar-refractivity contribution < 1.29 is 14.6 Å². The molecule has 1 aliphatic heterocycles. The monoisotopic (exact) mass is 408 g/mol. The molecule has 8 nitrogen and oxygen atoms in total. The van der Waals surface area contributed by atoms with E-state index in [4.69, 9.17) is 20.2 Å². The van der Waals surface area contributed by atoms with Gasteiger partial charge in [0.15, 0.2) is 11.5 Å². The van der Waals surface area contributed by atoms with Crippen LogP contribution >= 0.6 is 0 Å². The number of ether oxygens (including phenoxy) is 2. The minimum Gasteiger partial charge on any atom is -0.504 e. The first-order valence-electron chi connectivity index (χ1n) is 9.62. The summed E-state index contributed by atoms with van der Waals surface area (Å²) in [7, 11) is 3.02. The molecule has 0 spiro atoms. The highest BCUT2D eigenvalue weighted by molar-refractivity contribution is 5.59. The van der Waals surface area contributed by atoms with Gasteiger partial charge >= 0.3 is 0 Å². The molecule has 0 fully saturated rings. The molecule has 2 aromatic carbocycles. The van der Waals surface area contributed by atoms with E-state index in [9.17, 15) is 9.90 Å². The van der Waals surface area contributed by atoms with Crippen molar-refractivity contribution in [3.8, 4) is 28.6 Å². The minimum atomic E-state index is -0.102. The summed E-state index contributed by atoms with van der Waals surface area (Å²) in [6.07, 6.45) is 0.610. The fraction of sp³-hybridized carbons (Fsp3) is 0.273. The number of rotatable bonds is 5. The number of aromatic nitrogens is 2. The number of nitrogens with one attached hydrogen (secondary N) is 1. The van der Waals surface area contributed by atoms with E-state index >= 15 is 0 Å². The average Bonchev–Trinajstić information content (AvgIpc) is 2.73. The lowest BCUT2D eigenvalue weighted by molar-refractivity contribution is 0.239. The van der Waals surface area contributed by atoms with Crippen molar-refractivity contribution in [3.63, 3.8) is 0 Å². The number of fused-ring (bicyclic) bond motifs is 1. The van der Waals surface area contributed by atoms with Crippen molar-refractivity contribution >= 4 is 5.69 Å². The summed E-state index contributed by atoms with van der Waals surface area (Å²) in [4.78, 5) is 22.4. The molecule has 0 amide bonds. The van der Waals surface area contributed by atoms with Gasteiger partial charge in [-0.25, -0.2) is 4.98 Å². The van der Waals surface area contributed by atoms with Crippen molar-refractivity contribution in [3.05, 3.63) is 63.6 Å². The average molecular weight is 408 g/mol. The van der Waals surface area contributed by atoms with Crippen LogP contribution in [0.1, 0.15) is 16.8 Å². The number of hydrogen-bond donors (Lipinski definition) is 3. The summed E-state index contributed by atoms with van der Waals surface area (Å²) < 4.78 is 10.5. The van der Waals surface area contributed by atoms with Crippen LogP contribution in [0.4, 0.5) is 5.69 Å². The second-order valence-corrected chi connectivity index (χ2v) is 7.27. The molecule has 2 heterocycles. The highest BCUT2D eigenvalue weighted by atomic mass is 16.5. The van der Waals surface area contributed by atoms with Gasteiger partial charge in [-0.2, -0.15) is 0 Å². The van der Waals surface area contributed by atoms with Crippen LogP contribution in [0.2, 0.25) is 0 Å². The van der Waals surface area contributed by atoms with Crippen LogP contribution in [-0.2, 0) is 19.5 Å².